The van der Waals surface area contributed by atoms with Crippen molar-refractivity contribution < 1.29 is 0 Å². The van der Waals surface area contributed by atoms with Gasteiger partial charge in [-0.05, 0) is 0 Å². The zero-order valence-corrected chi connectivity index (χ0v) is 11.5. The molecule has 0 aliphatic heterocycles. The van der Waals surface area contributed by atoms with Crippen molar-refractivity contribution in [2.75, 3.05) is 17.6 Å². The molecule has 0 spiro atoms. The van der Waals surface area contributed by atoms with Crippen LogP contribution in [0.25, 0.3) is 0 Å². The molecule has 0 aromatic heterocycles. The third-order valence-electron chi connectivity index (χ3n) is 2.35. The molecule has 0 amide bonds. The Hall–Kier alpha value is -1.44. The number of nitrogens with one attached hydrogen (secondary N) is 1. The number of anilines is 2. The summed E-state index contributed by atoms with van der Waals surface area (Å²) in [6.45, 7) is 3.06. The molecule has 2 rings (SSSR count). The third kappa shape index (κ3) is 3.52. The van der Waals surface area contributed by atoms with Crippen LogP contribution in [0.3, 0.4) is 0 Å². The fourth-order valence-corrected chi connectivity index (χ4v) is 3.23. The Bertz CT molecular complexity index is 463. The van der Waals surface area contributed by atoms with Gasteiger partial charge >= 0.3 is 108 Å². The normalized spacial score (nSPS) is 10.2. The van der Waals surface area contributed by atoms with Gasteiger partial charge in [-0.15, -0.1) is 0 Å². The number of nitrogen functional groups attached to an aromatic ring is 1. The molecule has 0 heterocycles. The second kappa shape index (κ2) is 5.76. The van der Waals surface area contributed by atoms with E-state index in [-0.39, 0.29) is 0 Å². The Morgan fingerprint density at radius 3 is 2.00 bits per heavy atom. The van der Waals surface area contributed by atoms with Crippen LogP contribution >= 0.6 is 0 Å². The number of benzene rings is 2. The van der Waals surface area contributed by atoms with E-state index >= 15 is 0 Å². The van der Waals surface area contributed by atoms with Gasteiger partial charge in [0, 0.05) is 0 Å². The summed E-state index contributed by atoms with van der Waals surface area (Å²) < 4.78 is 2.73. The van der Waals surface area contributed by atoms with Gasteiger partial charge in [0.1, 0.15) is 0 Å². The van der Waals surface area contributed by atoms with E-state index in [1.165, 1.54) is 14.6 Å². The van der Waals surface area contributed by atoms with Crippen molar-refractivity contribution >= 4 is 35.3 Å². The van der Waals surface area contributed by atoms with Crippen molar-refractivity contribution in [2.45, 2.75) is 6.92 Å². The zero-order chi connectivity index (χ0) is 12.1. The van der Waals surface area contributed by atoms with Crippen LogP contribution in [0.2, 0.25) is 0 Å². The first-order chi connectivity index (χ1) is 8.28. The molecule has 0 saturated carbocycles. The topological polar surface area (TPSA) is 38.0 Å². The van der Waals surface area contributed by atoms with E-state index in [1.54, 1.807) is 0 Å². The second-order valence-electron chi connectivity index (χ2n) is 3.73. The fourth-order valence-electron chi connectivity index (χ4n) is 1.52. The van der Waals surface area contributed by atoms with Gasteiger partial charge in [-0.25, -0.2) is 0 Å². The van der Waals surface area contributed by atoms with Crippen molar-refractivity contribution in [3.63, 3.8) is 0 Å². The molecule has 0 unspecified atom stereocenters. The molecule has 3 heteroatoms. The van der Waals surface area contributed by atoms with Gasteiger partial charge in [0.2, 0.25) is 0 Å². The van der Waals surface area contributed by atoms with E-state index in [0.717, 1.165) is 12.2 Å². The van der Waals surface area contributed by atoms with Crippen LogP contribution in [0.1, 0.15) is 6.92 Å². The van der Waals surface area contributed by atoms with Gasteiger partial charge in [0.05, 0.1) is 0 Å². The Balaban J connectivity index is 2.05. The molecular weight excluding hydrogens is 275 g/mol. The van der Waals surface area contributed by atoms with Crippen LogP contribution < -0.4 is 20.0 Å². The summed E-state index contributed by atoms with van der Waals surface area (Å²) >= 11 is 0.360. The Morgan fingerprint density at radius 1 is 0.941 bits per heavy atom. The molecule has 0 radical (unpaired) electrons. The van der Waals surface area contributed by atoms with E-state index in [0.29, 0.717) is 15.0 Å². The molecule has 2 aromatic carbocycles. The van der Waals surface area contributed by atoms with Gasteiger partial charge in [-0.3, -0.25) is 0 Å². The summed E-state index contributed by atoms with van der Waals surface area (Å²) in [6.07, 6.45) is 0. The first kappa shape index (κ1) is 12.0. The molecule has 0 bridgehead atoms. The Labute approximate surface area is 108 Å². The summed E-state index contributed by atoms with van der Waals surface area (Å²) in [5.74, 6) is 0. The Kier molecular flexibility index (Phi) is 4.07. The van der Waals surface area contributed by atoms with Crippen molar-refractivity contribution in [3.05, 3.63) is 48.5 Å². The predicted molar refractivity (Wildman–Crippen MR) is 76.5 cm³/mol. The van der Waals surface area contributed by atoms with Crippen LogP contribution in [0.5, 0.6) is 0 Å². The van der Waals surface area contributed by atoms with Crippen molar-refractivity contribution in [1.29, 1.82) is 0 Å². The molecule has 88 valence electrons. The first-order valence-corrected chi connectivity index (χ1v) is 7.36. The number of hydrogen-bond donors (Lipinski definition) is 2. The van der Waals surface area contributed by atoms with E-state index in [4.69, 9.17) is 5.73 Å². The number of rotatable bonds is 4. The van der Waals surface area contributed by atoms with Gasteiger partial charge < -0.3 is 0 Å². The standard InChI is InChI=1S/C14H16N2Se/c1-2-16-12-5-9-14(10-6-12)17-13-7-3-11(15)4-8-13/h3-10,16H,2,15H2,1H3. The molecule has 0 fully saturated rings. The van der Waals surface area contributed by atoms with Gasteiger partial charge in [0.25, 0.3) is 0 Å². The second-order valence-corrected chi connectivity index (χ2v) is 6.13. The monoisotopic (exact) mass is 292 g/mol. The molecule has 2 nitrogen and oxygen atoms in total. The van der Waals surface area contributed by atoms with Crippen LogP contribution in [0, 0.1) is 0 Å². The van der Waals surface area contributed by atoms with E-state index < -0.39 is 0 Å². The summed E-state index contributed by atoms with van der Waals surface area (Å²) in [5, 5.41) is 3.30. The van der Waals surface area contributed by atoms with E-state index in [2.05, 4.69) is 48.6 Å². The summed E-state index contributed by atoms with van der Waals surface area (Å²) in [6, 6.07) is 16.8. The minimum absolute atomic E-state index is 0.360. The summed E-state index contributed by atoms with van der Waals surface area (Å²) in [7, 11) is 0. The Morgan fingerprint density at radius 2 is 1.47 bits per heavy atom. The SMILES string of the molecule is CCNc1ccc([Se]c2ccc(N)cc2)cc1. The fraction of sp³-hybridized carbons (Fsp3) is 0.143. The molecule has 3 N–H and O–H groups in total. The van der Waals surface area contributed by atoms with Crippen LogP contribution in [-0.4, -0.2) is 21.5 Å². The van der Waals surface area contributed by atoms with Gasteiger partial charge in [-0.1, -0.05) is 0 Å². The summed E-state index contributed by atoms with van der Waals surface area (Å²) in [5.41, 5.74) is 7.68. The van der Waals surface area contributed by atoms with Crippen LogP contribution in [0.4, 0.5) is 11.4 Å². The van der Waals surface area contributed by atoms with Crippen molar-refractivity contribution in [3.8, 4) is 0 Å². The zero-order valence-electron chi connectivity index (χ0n) is 9.81. The van der Waals surface area contributed by atoms with Crippen LogP contribution in [0.15, 0.2) is 48.5 Å². The molecule has 0 atom stereocenters. The number of hydrogen-bond acceptors (Lipinski definition) is 2. The van der Waals surface area contributed by atoms with E-state index in [1.807, 2.05) is 12.1 Å². The van der Waals surface area contributed by atoms with Crippen molar-refractivity contribution in [2.24, 2.45) is 0 Å². The molecular formula is C14H16N2Se. The quantitative estimate of drug-likeness (QED) is 0.659. The third-order valence-corrected chi connectivity index (χ3v) is 4.48. The van der Waals surface area contributed by atoms with Crippen molar-refractivity contribution in [1.82, 2.24) is 0 Å². The number of nitrogens with two attached hydrogens (primary N) is 1. The van der Waals surface area contributed by atoms with Crippen LogP contribution in [-0.2, 0) is 0 Å². The molecule has 2 aromatic rings. The predicted octanol–water partition coefficient (Wildman–Crippen LogP) is 1.36. The minimum atomic E-state index is 0.360. The molecule has 0 aliphatic carbocycles. The molecule has 0 saturated heterocycles. The maximum absolute atomic E-state index is 5.67. The summed E-state index contributed by atoms with van der Waals surface area (Å²) in [4.78, 5) is 0. The first-order valence-electron chi connectivity index (χ1n) is 5.65. The van der Waals surface area contributed by atoms with E-state index in [9.17, 15) is 0 Å². The molecule has 17 heavy (non-hydrogen) atoms. The van der Waals surface area contributed by atoms with Gasteiger partial charge in [0.15, 0.2) is 0 Å². The van der Waals surface area contributed by atoms with Gasteiger partial charge in [-0.2, -0.15) is 0 Å². The average molecular weight is 291 g/mol. The maximum atomic E-state index is 5.67. The molecule has 0 aliphatic rings. The average Bonchev–Trinajstić information content (AvgIpc) is 2.35.